The number of carboxylic acids is 1. The molecule has 112 valence electrons. The predicted octanol–water partition coefficient (Wildman–Crippen LogP) is 2.09. The molecule has 6 nitrogen and oxygen atoms in total. The van der Waals surface area contributed by atoms with Crippen LogP contribution in [0.15, 0.2) is 12.1 Å². The van der Waals surface area contributed by atoms with Crippen molar-refractivity contribution in [2.45, 2.75) is 0 Å². The molecule has 0 bridgehead atoms. The fourth-order valence-corrected chi connectivity index (χ4v) is 1.68. The summed E-state index contributed by atoms with van der Waals surface area (Å²) >= 11 is 5.83. The van der Waals surface area contributed by atoms with Crippen LogP contribution in [-0.4, -0.2) is 51.7 Å². The summed E-state index contributed by atoms with van der Waals surface area (Å²) in [4.78, 5) is 11.2. The van der Waals surface area contributed by atoms with Gasteiger partial charge in [0.05, 0.1) is 26.9 Å². The van der Waals surface area contributed by atoms with Gasteiger partial charge in [-0.05, 0) is 6.07 Å². The molecule has 1 aromatic carbocycles. The lowest BCUT2D eigenvalue weighted by Crippen LogP contribution is -2.12. The van der Waals surface area contributed by atoms with Crippen molar-refractivity contribution in [2.75, 3.05) is 40.6 Å². The summed E-state index contributed by atoms with van der Waals surface area (Å²) in [5, 5.41) is 9.41. The molecule has 0 saturated carbocycles. The molecule has 0 aromatic heterocycles. The van der Waals surface area contributed by atoms with E-state index < -0.39 is 5.97 Å². The van der Waals surface area contributed by atoms with Crippen molar-refractivity contribution in [3.63, 3.8) is 0 Å². The minimum atomic E-state index is -1.14. The number of ether oxygens (including phenoxy) is 4. The van der Waals surface area contributed by atoms with E-state index in [2.05, 4.69) is 0 Å². The van der Waals surface area contributed by atoms with Crippen molar-refractivity contribution >= 4 is 17.6 Å². The summed E-state index contributed by atoms with van der Waals surface area (Å²) in [6.45, 7) is 1.45. The molecule has 0 aliphatic heterocycles. The second-order valence-corrected chi connectivity index (χ2v) is 4.18. The number of hydrogen-bond donors (Lipinski definition) is 1. The van der Waals surface area contributed by atoms with Gasteiger partial charge in [0.2, 0.25) is 0 Å². The SMILES string of the molecule is COCCOCCOc1c(OC)cc(Cl)cc1C(=O)O. The molecule has 0 radical (unpaired) electrons. The molecule has 1 rings (SSSR count). The van der Waals surface area contributed by atoms with Gasteiger partial charge >= 0.3 is 5.97 Å². The van der Waals surface area contributed by atoms with Crippen molar-refractivity contribution in [2.24, 2.45) is 0 Å². The first-order valence-corrected chi connectivity index (χ1v) is 6.28. The molecule has 0 atom stereocenters. The van der Waals surface area contributed by atoms with Crippen LogP contribution in [0.5, 0.6) is 11.5 Å². The van der Waals surface area contributed by atoms with Crippen LogP contribution in [0.25, 0.3) is 0 Å². The van der Waals surface area contributed by atoms with Gasteiger partial charge in [-0.2, -0.15) is 0 Å². The van der Waals surface area contributed by atoms with Gasteiger partial charge in [0.25, 0.3) is 0 Å². The number of rotatable bonds is 9. The molecule has 1 N–H and O–H groups in total. The van der Waals surface area contributed by atoms with Crippen molar-refractivity contribution in [1.82, 2.24) is 0 Å². The number of hydrogen-bond acceptors (Lipinski definition) is 5. The maximum Gasteiger partial charge on any atom is 0.339 e. The fourth-order valence-electron chi connectivity index (χ4n) is 1.47. The quantitative estimate of drug-likeness (QED) is 0.704. The molecule has 7 heteroatoms. The third-order valence-electron chi connectivity index (χ3n) is 2.38. The number of carboxylic acid groups (broad SMARTS) is 1. The highest BCUT2D eigenvalue weighted by molar-refractivity contribution is 6.31. The Labute approximate surface area is 122 Å². The van der Waals surface area contributed by atoms with Gasteiger partial charge in [0.15, 0.2) is 11.5 Å². The van der Waals surface area contributed by atoms with Crippen LogP contribution in [0.3, 0.4) is 0 Å². The molecular formula is C13H17ClO6. The molecule has 1 aromatic rings. The topological polar surface area (TPSA) is 74.2 Å². The van der Waals surface area contributed by atoms with Gasteiger partial charge in [-0.1, -0.05) is 11.6 Å². The van der Waals surface area contributed by atoms with Gasteiger partial charge in [0, 0.05) is 18.2 Å². The van der Waals surface area contributed by atoms with Gasteiger partial charge in [-0.15, -0.1) is 0 Å². The highest BCUT2D eigenvalue weighted by Gasteiger charge is 2.18. The first kappa shape index (κ1) is 16.6. The normalized spacial score (nSPS) is 10.3. The van der Waals surface area contributed by atoms with Crippen molar-refractivity contribution in [3.8, 4) is 11.5 Å². The Kier molecular flexibility index (Phi) is 7.14. The number of carbonyl (C=O) groups is 1. The predicted molar refractivity (Wildman–Crippen MR) is 73.2 cm³/mol. The Bertz CT molecular complexity index is 449. The van der Waals surface area contributed by atoms with Crippen LogP contribution in [0.4, 0.5) is 0 Å². The minimum Gasteiger partial charge on any atom is -0.493 e. The maximum absolute atomic E-state index is 11.2. The molecule has 0 amide bonds. The smallest absolute Gasteiger partial charge is 0.339 e. The van der Waals surface area contributed by atoms with Gasteiger partial charge in [-0.25, -0.2) is 4.79 Å². The van der Waals surface area contributed by atoms with Crippen LogP contribution in [0.2, 0.25) is 5.02 Å². The second-order valence-electron chi connectivity index (χ2n) is 3.74. The third-order valence-corrected chi connectivity index (χ3v) is 2.59. The average molecular weight is 305 g/mol. The standard InChI is InChI=1S/C13H17ClO6/c1-17-3-4-19-5-6-20-12-10(13(15)16)7-9(14)8-11(12)18-2/h7-8H,3-6H2,1-2H3,(H,15,16). The van der Waals surface area contributed by atoms with Gasteiger partial charge < -0.3 is 24.1 Å². The molecule has 20 heavy (non-hydrogen) atoms. The molecule has 0 aliphatic carbocycles. The molecule has 0 aliphatic rings. The van der Waals surface area contributed by atoms with Crippen LogP contribution < -0.4 is 9.47 Å². The highest BCUT2D eigenvalue weighted by Crippen LogP contribution is 2.34. The van der Waals surface area contributed by atoms with E-state index in [0.29, 0.717) is 19.8 Å². The Morgan fingerprint density at radius 3 is 2.50 bits per heavy atom. The van der Waals surface area contributed by atoms with Crippen LogP contribution >= 0.6 is 11.6 Å². The number of benzene rings is 1. The van der Waals surface area contributed by atoms with Crippen LogP contribution in [0, 0.1) is 0 Å². The summed E-state index contributed by atoms with van der Waals surface area (Å²) in [7, 11) is 3.00. The molecule has 0 saturated heterocycles. The second kappa shape index (κ2) is 8.63. The average Bonchev–Trinajstić information content (AvgIpc) is 2.42. The minimum absolute atomic E-state index is 0.0498. The molecule has 0 fully saturated rings. The van der Waals surface area contributed by atoms with Crippen LogP contribution in [-0.2, 0) is 9.47 Å². The monoisotopic (exact) mass is 304 g/mol. The lowest BCUT2D eigenvalue weighted by molar-refractivity contribution is 0.0530. The zero-order valence-corrected chi connectivity index (χ0v) is 12.1. The van der Waals surface area contributed by atoms with Gasteiger partial charge in [-0.3, -0.25) is 0 Å². The van der Waals surface area contributed by atoms with E-state index in [9.17, 15) is 4.79 Å². The number of halogens is 1. The fraction of sp³-hybridized carbons (Fsp3) is 0.462. The van der Waals surface area contributed by atoms with Crippen molar-refractivity contribution in [3.05, 3.63) is 22.7 Å². The third kappa shape index (κ3) is 4.88. The van der Waals surface area contributed by atoms with E-state index >= 15 is 0 Å². The summed E-state index contributed by atoms with van der Waals surface area (Å²) in [5.41, 5.74) is -0.0498. The summed E-state index contributed by atoms with van der Waals surface area (Å²) in [5.74, 6) is -0.729. The molecular weight excluding hydrogens is 288 g/mol. The van der Waals surface area contributed by atoms with E-state index in [-0.39, 0.29) is 28.7 Å². The van der Waals surface area contributed by atoms with Crippen molar-refractivity contribution < 1.29 is 28.8 Å². The zero-order chi connectivity index (χ0) is 15.0. The number of aromatic carboxylic acids is 1. The Hall–Kier alpha value is -1.50. The van der Waals surface area contributed by atoms with E-state index in [4.69, 9.17) is 35.7 Å². The summed E-state index contributed by atoms with van der Waals surface area (Å²) < 4.78 is 20.6. The van der Waals surface area contributed by atoms with E-state index in [1.165, 1.54) is 19.2 Å². The largest absolute Gasteiger partial charge is 0.493 e. The highest BCUT2D eigenvalue weighted by atomic mass is 35.5. The molecule has 0 unspecified atom stereocenters. The first-order chi connectivity index (χ1) is 9.60. The first-order valence-electron chi connectivity index (χ1n) is 5.90. The lowest BCUT2D eigenvalue weighted by Gasteiger charge is -2.13. The Balaban J connectivity index is 2.69. The van der Waals surface area contributed by atoms with E-state index in [0.717, 1.165) is 0 Å². The Morgan fingerprint density at radius 1 is 1.20 bits per heavy atom. The summed E-state index contributed by atoms with van der Waals surface area (Å²) in [6, 6.07) is 2.81. The Morgan fingerprint density at radius 2 is 1.90 bits per heavy atom. The van der Waals surface area contributed by atoms with E-state index in [1.807, 2.05) is 0 Å². The van der Waals surface area contributed by atoms with Crippen molar-refractivity contribution in [1.29, 1.82) is 0 Å². The number of methoxy groups -OCH3 is 2. The summed E-state index contributed by atoms with van der Waals surface area (Å²) in [6.07, 6.45) is 0. The molecule has 0 spiro atoms. The maximum atomic E-state index is 11.2. The molecule has 0 heterocycles. The van der Waals surface area contributed by atoms with Gasteiger partial charge in [0.1, 0.15) is 12.2 Å². The van der Waals surface area contributed by atoms with E-state index in [1.54, 1.807) is 7.11 Å². The zero-order valence-electron chi connectivity index (χ0n) is 11.3. The lowest BCUT2D eigenvalue weighted by atomic mass is 10.2. The van der Waals surface area contributed by atoms with Crippen LogP contribution in [0.1, 0.15) is 10.4 Å².